The van der Waals surface area contributed by atoms with Gasteiger partial charge in [0.2, 0.25) is 12.2 Å². The number of H-pyrrole nitrogens is 1. The van der Waals surface area contributed by atoms with Crippen molar-refractivity contribution >= 4 is 17.8 Å². The number of carbonyl (C=O) groups excluding carboxylic acids is 3. The van der Waals surface area contributed by atoms with Crippen LogP contribution in [0.25, 0.3) is 0 Å². The first-order valence-electron chi connectivity index (χ1n) is 8.62. The molecule has 0 bridgehead atoms. The molecule has 3 atom stereocenters. The minimum atomic E-state index is -0.868. The third-order valence-corrected chi connectivity index (χ3v) is 4.13. The molecule has 1 saturated heterocycles. The van der Waals surface area contributed by atoms with Gasteiger partial charge >= 0.3 is 5.97 Å². The van der Waals surface area contributed by atoms with E-state index in [1.165, 1.54) is 0 Å². The number of esters is 1. The maximum absolute atomic E-state index is 12.4. The summed E-state index contributed by atoms with van der Waals surface area (Å²) in [4.78, 5) is 38.8. The molecule has 1 aromatic heterocycles. The van der Waals surface area contributed by atoms with Crippen LogP contribution < -0.4 is 10.6 Å². The first-order valence-corrected chi connectivity index (χ1v) is 8.62. The number of benzene rings is 1. The molecule has 2 aromatic rings. The van der Waals surface area contributed by atoms with E-state index >= 15 is 0 Å². The van der Waals surface area contributed by atoms with Gasteiger partial charge in [0, 0.05) is 6.20 Å². The number of aromatic amines is 1. The molecule has 2 heterocycles. The van der Waals surface area contributed by atoms with Crippen LogP contribution in [0.5, 0.6) is 0 Å². The number of rotatable bonds is 7. The van der Waals surface area contributed by atoms with E-state index in [4.69, 9.17) is 9.47 Å². The van der Waals surface area contributed by atoms with Crippen molar-refractivity contribution in [2.75, 3.05) is 0 Å². The quantitative estimate of drug-likeness (QED) is 0.632. The fourth-order valence-electron chi connectivity index (χ4n) is 2.68. The van der Waals surface area contributed by atoms with Crippen LogP contribution in [0.1, 0.15) is 29.4 Å². The molecule has 2 amide bonds. The molecule has 2 unspecified atom stereocenters. The van der Waals surface area contributed by atoms with Crippen LogP contribution in [0.3, 0.4) is 0 Å². The SMILES string of the molecule is C[C@H](NC(=O)c1ccc[nH]1)C(=O)NC1CC(=O)OC1OCc1ccccc1. The van der Waals surface area contributed by atoms with E-state index in [1.54, 1.807) is 25.3 Å². The van der Waals surface area contributed by atoms with Gasteiger partial charge in [0.05, 0.1) is 13.0 Å². The van der Waals surface area contributed by atoms with Gasteiger partial charge in [-0.05, 0) is 24.6 Å². The lowest BCUT2D eigenvalue weighted by Crippen LogP contribution is -2.50. The number of ether oxygens (including phenoxy) is 2. The summed E-state index contributed by atoms with van der Waals surface area (Å²) in [6, 6.07) is 11.3. The number of aromatic nitrogens is 1. The second-order valence-corrected chi connectivity index (χ2v) is 6.25. The van der Waals surface area contributed by atoms with Gasteiger partial charge in [-0.1, -0.05) is 30.3 Å². The zero-order valence-electron chi connectivity index (χ0n) is 14.8. The van der Waals surface area contributed by atoms with Crippen molar-refractivity contribution in [3.8, 4) is 0 Å². The lowest BCUT2D eigenvalue weighted by Gasteiger charge is -2.21. The molecule has 0 aliphatic carbocycles. The largest absolute Gasteiger partial charge is 0.433 e. The number of nitrogens with one attached hydrogen (secondary N) is 3. The second kappa shape index (κ2) is 8.50. The van der Waals surface area contributed by atoms with Crippen LogP contribution in [0.15, 0.2) is 48.7 Å². The number of carbonyl (C=O) groups is 3. The summed E-state index contributed by atoms with van der Waals surface area (Å²) in [6.45, 7) is 1.82. The predicted molar refractivity (Wildman–Crippen MR) is 95.4 cm³/mol. The molecule has 8 heteroatoms. The van der Waals surface area contributed by atoms with Crippen LogP contribution in [0.2, 0.25) is 0 Å². The van der Waals surface area contributed by atoms with Crippen LogP contribution in [-0.4, -0.2) is 41.1 Å². The normalized spacial score (nSPS) is 20.0. The molecule has 1 aliphatic rings. The highest BCUT2D eigenvalue weighted by Crippen LogP contribution is 2.18. The van der Waals surface area contributed by atoms with Gasteiger partial charge in [-0.15, -0.1) is 0 Å². The Kier molecular flexibility index (Phi) is 5.87. The summed E-state index contributed by atoms with van der Waals surface area (Å²) < 4.78 is 10.8. The summed E-state index contributed by atoms with van der Waals surface area (Å²) >= 11 is 0. The van der Waals surface area contributed by atoms with Crippen LogP contribution in [-0.2, 0) is 25.7 Å². The minimum Gasteiger partial charge on any atom is -0.433 e. The maximum Gasteiger partial charge on any atom is 0.310 e. The van der Waals surface area contributed by atoms with Crippen molar-refractivity contribution in [1.29, 1.82) is 0 Å². The van der Waals surface area contributed by atoms with Crippen molar-refractivity contribution in [2.45, 2.75) is 38.3 Å². The molecule has 0 spiro atoms. The molecule has 3 N–H and O–H groups in total. The molecule has 0 saturated carbocycles. The Morgan fingerprint density at radius 3 is 2.74 bits per heavy atom. The van der Waals surface area contributed by atoms with E-state index in [0.29, 0.717) is 5.69 Å². The van der Waals surface area contributed by atoms with E-state index in [1.807, 2.05) is 30.3 Å². The number of hydrogen-bond donors (Lipinski definition) is 3. The highest BCUT2D eigenvalue weighted by atomic mass is 16.7. The van der Waals surface area contributed by atoms with Crippen LogP contribution in [0.4, 0.5) is 0 Å². The molecule has 27 heavy (non-hydrogen) atoms. The average molecular weight is 371 g/mol. The molecule has 142 valence electrons. The standard InChI is InChI=1S/C19H21N3O5/c1-12(21-18(25)14-8-5-9-20-14)17(24)22-15-10-16(23)27-19(15)26-11-13-6-3-2-4-7-13/h2-9,12,15,19-20H,10-11H2,1H3,(H,21,25)(H,22,24)/t12-,15?,19?/m0/s1. The van der Waals surface area contributed by atoms with Crippen molar-refractivity contribution in [3.05, 3.63) is 59.9 Å². The van der Waals surface area contributed by atoms with Gasteiger partial charge in [0.25, 0.3) is 5.91 Å². The first-order chi connectivity index (χ1) is 13.0. The highest BCUT2D eigenvalue weighted by molar-refractivity contribution is 5.96. The van der Waals surface area contributed by atoms with Gasteiger partial charge in [0.15, 0.2) is 0 Å². The summed E-state index contributed by atoms with van der Waals surface area (Å²) in [5.41, 5.74) is 1.29. The van der Waals surface area contributed by atoms with Gasteiger partial charge < -0.3 is 25.1 Å². The number of amides is 2. The zero-order valence-corrected chi connectivity index (χ0v) is 14.8. The average Bonchev–Trinajstić information content (AvgIpc) is 3.31. The minimum absolute atomic E-state index is 0.0164. The predicted octanol–water partition coefficient (Wildman–Crippen LogP) is 1.11. The van der Waals surface area contributed by atoms with E-state index in [-0.39, 0.29) is 13.0 Å². The molecule has 0 radical (unpaired) electrons. The summed E-state index contributed by atoms with van der Waals surface area (Å²) in [5.74, 6) is -1.26. The molecular weight excluding hydrogens is 350 g/mol. The zero-order chi connectivity index (χ0) is 19.2. The monoisotopic (exact) mass is 371 g/mol. The Morgan fingerprint density at radius 1 is 1.26 bits per heavy atom. The topological polar surface area (TPSA) is 110 Å². The van der Waals surface area contributed by atoms with E-state index in [9.17, 15) is 14.4 Å². The Bertz CT molecular complexity index is 791. The third-order valence-electron chi connectivity index (χ3n) is 4.13. The Hall–Kier alpha value is -3.13. The van der Waals surface area contributed by atoms with Crippen molar-refractivity contribution in [1.82, 2.24) is 15.6 Å². The Balaban J connectivity index is 1.53. The number of cyclic esters (lactones) is 1. The maximum atomic E-state index is 12.4. The fourth-order valence-corrected chi connectivity index (χ4v) is 2.68. The summed E-state index contributed by atoms with van der Waals surface area (Å²) in [5, 5.41) is 5.30. The van der Waals surface area contributed by atoms with Gasteiger partial charge in [-0.3, -0.25) is 14.4 Å². The Morgan fingerprint density at radius 2 is 2.04 bits per heavy atom. The van der Waals surface area contributed by atoms with E-state index in [2.05, 4.69) is 15.6 Å². The van der Waals surface area contributed by atoms with Crippen LogP contribution in [0, 0.1) is 0 Å². The van der Waals surface area contributed by atoms with Gasteiger partial charge in [-0.2, -0.15) is 0 Å². The highest BCUT2D eigenvalue weighted by Gasteiger charge is 2.37. The Labute approximate surface area is 156 Å². The van der Waals surface area contributed by atoms with Crippen molar-refractivity contribution < 1.29 is 23.9 Å². The molecule has 8 nitrogen and oxygen atoms in total. The number of hydrogen-bond acceptors (Lipinski definition) is 5. The molecule has 3 rings (SSSR count). The van der Waals surface area contributed by atoms with Crippen molar-refractivity contribution in [2.24, 2.45) is 0 Å². The molecule has 1 aromatic carbocycles. The third kappa shape index (κ3) is 4.95. The summed E-state index contributed by atoms with van der Waals surface area (Å²) in [7, 11) is 0. The molecular formula is C19H21N3O5. The second-order valence-electron chi connectivity index (χ2n) is 6.25. The molecule has 1 aliphatic heterocycles. The lowest BCUT2D eigenvalue weighted by atomic mass is 10.2. The van der Waals surface area contributed by atoms with Crippen LogP contribution >= 0.6 is 0 Å². The van der Waals surface area contributed by atoms with E-state index in [0.717, 1.165) is 5.56 Å². The molecule has 1 fully saturated rings. The smallest absolute Gasteiger partial charge is 0.310 e. The summed E-state index contributed by atoms with van der Waals surface area (Å²) in [6.07, 6.45) is 0.770. The first kappa shape index (κ1) is 18.7. The lowest BCUT2D eigenvalue weighted by molar-refractivity contribution is -0.168. The van der Waals surface area contributed by atoms with Gasteiger partial charge in [-0.25, -0.2) is 0 Å². The van der Waals surface area contributed by atoms with E-state index < -0.39 is 36.2 Å². The van der Waals surface area contributed by atoms with Gasteiger partial charge in [0.1, 0.15) is 17.8 Å². The fraction of sp³-hybridized carbons (Fsp3) is 0.316. The van der Waals surface area contributed by atoms with Crippen molar-refractivity contribution in [3.63, 3.8) is 0 Å².